The van der Waals surface area contributed by atoms with Crippen LogP contribution in [0.25, 0.3) is 0 Å². The summed E-state index contributed by atoms with van der Waals surface area (Å²) in [5.74, 6) is 0.196. The number of carbonyl (C=O) groups is 1. The van der Waals surface area contributed by atoms with E-state index in [1.54, 1.807) is 0 Å². The van der Waals surface area contributed by atoms with Crippen LogP contribution in [0, 0.1) is 0 Å². The zero-order valence-corrected chi connectivity index (χ0v) is 10.8. The summed E-state index contributed by atoms with van der Waals surface area (Å²) in [5, 5.41) is 3.82. The molecule has 1 heterocycles. The second-order valence-corrected chi connectivity index (χ2v) is 4.65. The number of amides is 1. The lowest BCUT2D eigenvalue weighted by Crippen LogP contribution is -2.29. The number of benzene rings is 1. The van der Waals surface area contributed by atoms with Crippen LogP contribution in [0.4, 0.5) is 5.69 Å². The summed E-state index contributed by atoms with van der Waals surface area (Å²) in [7, 11) is 1.90. The highest BCUT2D eigenvalue weighted by Gasteiger charge is 2.25. The molecule has 2 rings (SSSR count). The van der Waals surface area contributed by atoms with Crippen LogP contribution < -0.4 is 10.2 Å². The van der Waals surface area contributed by atoms with E-state index in [0.717, 1.165) is 42.2 Å². The first-order chi connectivity index (χ1) is 8.24. The highest BCUT2D eigenvalue weighted by atomic mass is 35.5. The van der Waals surface area contributed by atoms with Gasteiger partial charge in [0, 0.05) is 23.7 Å². The summed E-state index contributed by atoms with van der Waals surface area (Å²) < 4.78 is 0. The van der Waals surface area contributed by atoms with Crippen molar-refractivity contribution in [2.45, 2.75) is 19.3 Å². The van der Waals surface area contributed by atoms with Crippen molar-refractivity contribution in [1.82, 2.24) is 5.32 Å². The minimum Gasteiger partial charge on any atom is -0.320 e. The molecular formula is C13H17ClN2O. The van der Waals surface area contributed by atoms with Gasteiger partial charge in [-0.05, 0) is 44.1 Å². The van der Waals surface area contributed by atoms with Crippen LogP contribution in [-0.4, -0.2) is 26.0 Å². The summed E-state index contributed by atoms with van der Waals surface area (Å²) in [4.78, 5) is 13.9. The third-order valence-corrected chi connectivity index (χ3v) is 3.44. The molecule has 0 spiro atoms. The van der Waals surface area contributed by atoms with Crippen molar-refractivity contribution in [2.24, 2.45) is 0 Å². The van der Waals surface area contributed by atoms with Crippen LogP contribution in [0.15, 0.2) is 18.2 Å². The Hall–Kier alpha value is -1.06. The molecule has 0 aromatic heterocycles. The van der Waals surface area contributed by atoms with E-state index >= 15 is 0 Å². The third-order valence-electron chi connectivity index (χ3n) is 3.09. The molecule has 4 heteroatoms. The molecule has 17 heavy (non-hydrogen) atoms. The monoisotopic (exact) mass is 252 g/mol. The zero-order valence-electron chi connectivity index (χ0n) is 10.0. The first kappa shape index (κ1) is 12.4. The Bertz CT molecular complexity index is 420. The normalized spacial score (nSPS) is 13.9. The van der Waals surface area contributed by atoms with Gasteiger partial charge in [-0.1, -0.05) is 17.7 Å². The van der Waals surface area contributed by atoms with Crippen LogP contribution in [-0.2, 0) is 11.2 Å². The molecule has 0 bridgehead atoms. The smallest absolute Gasteiger partial charge is 0.227 e. The summed E-state index contributed by atoms with van der Waals surface area (Å²) in [6.07, 6.45) is 2.33. The van der Waals surface area contributed by atoms with Gasteiger partial charge in [0.05, 0.1) is 0 Å². The topological polar surface area (TPSA) is 32.3 Å². The summed E-state index contributed by atoms with van der Waals surface area (Å²) in [5.41, 5.74) is 2.10. The highest BCUT2D eigenvalue weighted by Crippen LogP contribution is 2.33. The van der Waals surface area contributed by atoms with Gasteiger partial charge in [0.15, 0.2) is 0 Å². The molecule has 0 aliphatic carbocycles. The first-order valence-corrected chi connectivity index (χ1v) is 6.34. The summed E-state index contributed by atoms with van der Waals surface area (Å²) >= 11 is 6.12. The van der Waals surface area contributed by atoms with Gasteiger partial charge in [-0.15, -0.1) is 0 Å². The summed E-state index contributed by atoms with van der Waals surface area (Å²) in [6, 6.07) is 5.76. The fourth-order valence-corrected chi connectivity index (χ4v) is 2.47. The Kier molecular flexibility index (Phi) is 4.02. The Morgan fingerprint density at radius 2 is 2.35 bits per heavy atom. The average Bonchev–Trinajstić information content (AvgIpc) is 2.74. The van der Waals surface area contributed by atoms with Crippen molar-refractivity contribution < 1.29 is 4.79 Å². The van der Waals surface area contributed by atoms with Crippen LogP contribution in [0.2, 0.25) is 5.02 Å². The van der Waals surface area contributed by atoms with E-state index in [1.165, 1.54) is 0 Å². The molecule has 92 valence electrons. The van der Waals surface area contributed by atoms with Crippen LogP contribution in [0.3, 0.4) is 0 Å². The summed E-state index contributed by atoms with van der Waals surface area (Å²) in [6.45, 7) is 1.64. The third kappa shape index (κ3) is 2.61. The van der Waals surface area contributed by atoms with Gasteiger partial charge in [-0.25, -0.2) is 0 Å². The Morgan fingerprint density at radius 3 is 3.12 bits per heavy atom. The van der Waals surface area contributed by atoms with Crippen molar-refractivity contribution in [3.63, 3.8) is 0 Å². The lowest BCUT2D eigenvalue weighted by atomic mass is 10.2. The van der Waals surface area contributed by atoms with Crippen LogP contribution in [0.1, 0.15) is 18.4 Å². The maximum Gasteiger partial charge on any atom is 0.227 e. The predicted molar refractivity (Wildman–Crippen MR) is 70.7 cm³/mol. The number of nitrogens with zero attached hydrogens (tertiary/aromatic N) is 1. The fraction of sp³-hybridized carbons (Fsp3) is 0.462. The maximum absolute atomic E-state index is 12.0. The molecule has 1 amide bonds. The van der Waals surface area contributed by atoms with Gasteiger partial charge in [0.1, 0.15) is 0 Å². The molecule has 1 N–H and O–H groups in total. The van der Waals surface area contributed by atoms with E-state index in [0.29, 0.717) is 6.42 Å². The number of halogens is 1. The minimum absolute atomic E-state index is 0.196. The van der Waals surface area contributed by atoms with Crippen molar-refractivity contribution >= 4 is 23.2 Å². The van der Waals surface area contributed by atoms with Gasteiger partial charge >= 0.3 is 0 Å². The van der Waals surface area contributed by atoms with E-state index in [2.05, 4.69) is 5.32 Å². The van der Waals surface area contributed by atoms with Gasteiger partial charge in [0.25, 0.3) is 0 Å². The second-order valence-electron chi connectivity index (χ2n) is 4.24. The van der Waals surface area contributed by atoms with E-state index in [1.807, 2.05) is 30.1 Å². The van der Waals surface area contributed by atoms with Crippen LogP contribution in [0.5, 0.6) is 0 Å². The van der Waals surface area contributed by atoms with Crippen molar-refractivity contribution in [2.75, 3.05) is 25.0 Å². The molecule has 0 atom stereocenters. The number of hydrogen-bond donors (Lipinski definition) is 1. The lowest BCUT2D eigenvalue weighted by Gasteiger charge is -2.17. The number of hydrogen-bond acceptors (Lipinski definition) is 2. The zero-order chi connectivity index (χ0) is 12.3. The largest absolute Gasteiger partial charge is 0.320 e. The van der Waals surface area contributed by atoms with E-state index in [-0.39, 0.29) is 5.91 Å². The average molecular weight is 253 g/mol. The number of carbonyl (C=O) groups excluding carboxylic acids is 1. The quantitative estimate of drug-likeness (QED) is 0.834. The fourth-order valence-electron chi connectivity index (χ4n) is 2.20. The minimum atomic E-state index is 0.196. The van der Waals surface area contributed by atoms with Gasteiger partial charge in [-0.2, -0.15) is 0 Å². The van der Waals surface area contributed by atoms with Crippen molar-refractivity contribution in [1.29, 1.82) is 0 Å². The van der Waals surface area contributed by atoms with E-state index < -0.39 is 0 Å². The standard InChI is InChI=1S/C13H17ClN2O/c1-15-8-3-6-13(17)16-9-7-10-11(14)4-2-5-12(10)16/h2,4-5,15H,3,6-9H2,1H3. The number of fused-ring (bicyclic) bond motifs is 1. The molecule has 1 aliphatic heterocycles. The van der Waals surface area contributed by atoms with Gasteiger partial charge in [0.2, 0.25) is 5.91 Å². The Morgan fingerprint density at radius 1 is 1.53 bits per heavy atom. The Labute approximate surface area is 107 Å². The number of rotatable bonds is 4. The molecule has 1 aliphatic rings. The molecule has 1 aromatic rings. The van der Waals surface area contributed by atoms with Gasteiger partial charge < -0.3 is 10.2 Å². The predicted octanol–water partition coefficient (Wildman–Crippen LogP) is 2.23. The highest BCUT2D eigenvalue weighted by molar-refractivity contribution is 6.32. The second kappa shape index (κ2) is 5.52. The van der Waals surface area contributed by atoms with Gasteiger partial charge in [-0.3, -0.25) is 4.79 Å². The molecule has 0 fully saturated rings. The van der Waals surface area contributed by atoms with Crippen LogP contribution >= 0.6 is 11.6 Å². The number of nitrogens with one attached hydrogen (secondary N) is 1. The first-order valence-electron chi connectivity index (χ1n) is 5.96. The van der Waals surface area contributed by atoms with Crippen molar-refractivity contribution in [3.05, 3.63) is 28.8 Å². The molecule has 0 radical (unpaired) electrons. The van der Waals surface area contributed by atoms with Crippen molar-refractivity contribution in [3.8, 4) is 0 Å². The molecule has 1 aromatic carbocycles. The molecule has 3 nitrogen and oxygen atoms in total. The molecule has 0 unspecified atom stereocenters. The molecule has 0 saturated carbocycles. The number of anilines is 1. The van der Waals surface area contributed by atoms with E-state index in [4.69, 9.17) is 11.6 Å². The SMILES string of the molecule is CNCCCC(=O)N1CCc2c(Cl)cccc21. The molecule has 0 saturated heterocycles. The van der Waals surface area contributed by atoms with E-state index in [9.17, 15) is 4.79 Å². The maximum atomic E-state index is 12.0. The lowest BCUT2D eigenvalue weighted by molar-refractivity contribution is -0.118. The Balaban J connectivity index is 2.06. The molecular weight excluding hydrogens is 236 g/mol.